The first kappa shape index (κ1) is 19.1. The summed E-state index contributed by atoms with van der Waals surface area (Å²) in [7, 11) is 0. The molecule has 1 aliphatic rings. The van der Waals surface area contributed by atoms with Gasteiger partial charge in [-0.05, 0) is 54.2 Å². The average molecular weight is 379 g/mol. The lowest BCUT2D eigenvalue weighted by Gasteiger charge is -2.29. The zero-order valence-electron chi connectivity index (χ0n) is 14.6. The summed E-state index contributed by atoms with van der Waals surface area (Å²) in [6.45, 7) is 1.57. The Morgan fingerprint density at radius 3 is 2.00 bits per heavy atom. The van der Waals surface area contributed by atoms with Crippen LogP contribution < -0.4 is 4.74 Å². The van der Waals surface area contributed by atoms with E-state index in [1.165, 1.54) is 17.0 Å². The second-order valence-corrected chi connectivity index (χ2v) is 6.62. The summed E-state index contributed by atoms with van der Waals surface area (Å²) < 4.78 is 43.7. The maximum Gasteiger partial charge on any atom is 0.416 e. The fourth-order valence-corrected chi connectivity index (χ4v) is 3.10. The molecule has 3 rings (SSSR count). The van der Waals surface area contributed by atoms with E-state index in [1.807, 2.05) is 12.1 Å². The molecule has 2 aromatic rings. The number of nitrogens with zero attached hydrogens (tertiary/aromatic N) is 1. The number of ether oxygens (including phenoxy) is 1. The minimum Gasteiger partial charge on any atom is -0.493 e. The lowest BCUT2D eigenvalue weighted by Crippen LogP contribution is -2.38. The number of likely N-dealkylation sites (tertiary alicyclic amines) is 1. The van der Waals surface area contributed by atoms with Gasteiger partial charge < -0.3 is 14.7 Å². The van der Waals surface area contributed by atoms with Crippen LogP contribution in [0.3, 0.4) is 0 Å². The number of hydrogen-bond donors (Lipinski definition) is 1. The highest BCUT2D eigenvalue weighted by molar-refractivity contribution is 5.65. The number of carboxylic acid groups (broad SMARTS) is 1. The number of hydrogen-bond acceptors (Lipinski definition) is 2. The average Bonchev–Trinajstić information content (AvgIpc) is 2.66. The van der Waals surface area contributed by atoms with Gasteiger partial charge >= 0.3 is 12.3 Å². The summed E-state index contributed by atoms with van der Waals surface area (Å²) in [5.41, 5.74) is 0.849. The van der Waals surface area contributed by atoms with E-state index in [9.17, 15) is 18.0 Å². The molecule has 0 aliphatic carbocycles. The van der Waals surface area contributed by atoms with Crippen molar-refractivity contribution in [3.63, 3.8) is 0 Å². The van der Waals surface area contributed by atoms with E-state index in [4.69, 9.17) is 9.84 Å². The Balaban J connectivity index is 1.54. The quantitative estimate of drug-likeness (QED) is 0.800. The molecule has 0 spiro atoms. The molecular weight excluding hydrogens is 359 g/mol. The molecule has 1 N–H and O–H groups in total. The zero-order chi connectivity index (χ0) is 19.4. The predicted molar refractivity (Wildman–Crippen MR) is 94.7 cm³/mol. The third-order valence-electron chi connectivity index (χ3n) is 4.77. The number of piperidine rings is 1. The van der Waals surface area contributed by atoms with E-state index >= 15 is 0 Å². The molecule has 27 heavy (non-hydrogen) atoms. The smallest absolute Gasteiger partial charge is 0.416 e. The number of alkyl halides is 3. The Morgan fingerprint density at radius 1 is 1.00 bits per heavy atom. The van der Waals surface area contributed by atoms with Crippen LogP contribution in [0.2, 0.25) is 0 Å². The number of rotatable bonds is 4. The highest BCUT2D eigenvalue weighted by atomic mass is 19.4. The van der Waals surface area contributed by atoms with E-state index in [0.29, 0.717) is 36.9 Å². The van der Waals surface area contributed by atoms with E-state index in [-0.39, 0.29) is 0 Å². The van der Waals surface area contributed by atoms with Crippen molar-refractivity contribution >= 4 is 6.09 Å². The zero-order valence-corrected chi connectivity index (χ0v) is 14.6. The number of halogens is 3. The van der Waals surface area contributed by atoms with Crippen LogP contribution in [0.5, 0.6) is 5.75 Å². The fraction of sp³-hybridized carbons (Fsp3) is 0.350. The molecule has 0 radical (unpaired) electrons. The van der Waals surface area contributed by atoms with Crippen molar-refractivity contribution in [3.8, 4) is 16.9 Å². The van der Waals surface area contributed by atoms with Gasteiger partial charge in [0.05, 0.1) is 12.2 Å². The molecule has 4 nitrogen and oxygen atoms in total. The first-order valence-corrected chi connectivity index (χ1v) is 8.71. The van der Waals surface area contributed by atoms with Crippen molar-refractivity contribution < 1.29 is 27.8 Å². The molecule has 0 aromatic heterocycles. The minimum absolute atomic E-state index is 0.315. The highest BCUT2D eigenvalue weighted by Gasteiger charge is 2.30. The van der Waals surface area contributed by atoms with Crippen LogP contribution in [-0.2, 0) is 6.18 Å². The van der Waals surface area contributed by atoms with E-state index < -0.39 is 17.8 Å². The summed E-state index contributed by atoms with van der Waals surface area (Å²) in [6, 6.07) is 12.3. The van der Waals surface area contributed by atoms with Crippen molar-refractivity contribution in [2.75, 3.05) is 19.7 Å². The lowest BCUT2D eigenvalue weighted by molar-refractivity contribution is -0.137. The van der Waals surface area contributed by atoms with E-state index in [2.05, 4.69) is 0 Å². The molecular formula is C20H20F3NO3. The summed E-state index contributed by atoms with van der Waals surface area (Å²) in [4.78, 5) is 12.3. The largest absolute Gasteiger partial charge is 0.493 e. The molecule has 1 saturated heterocycles. The van der Waals surface area contributed by atoms with Gasteiger partial charge in [0.1, 0.15) is 5.75 Å². The number of benzene rings is 2. The van der Waals surface area contributed by atoms with E-state index in [1.54, 1.807) is 12.1 Å². The molecule has 2 aromatic carbocycles. The minimum atomic E-state index is -4.34. The Morgan fingerprint density at radius 2 is 1.52 bits per heavy atom. The van der Waals surface area contributed by atoms with Crippen LogP contribution in [-0.4, -0.2) is 35.8 Å². The van der Waals surface area contributed by atoms with Gasteiger partial charge in [0, 0.05) is 13.1 Å². The maximum absolute atomic E-state index is 12.6. The van der Waals surface area contributed by atoms with Crippen molar-refractivity contribution in [3.05, 3.63) is 54.1 Å². The van der Waals surface area contributed by atoms with Gasteiger partial charge in [0.15, 0.2) is 0 Å². The molecule has 1 heterocycles. The van der Waals surface area contributed by atoms with Crippen molar-refractivity contribution in [1.82, 2.24) is 4.90 Å². The molecule has 1 amide bonds. The number of carbonyl (C=O) groups is 1. The highest BCUT2D eigenvalue weighted by Crippen LogP contribution is 2.31. The predicted octanol–water partition coefficient (Wildman–Crippen LogP) is 5.14. The first-order chi connectivity index (χ1) is 12.8. The standard InChI is InChI=1S/C20H20F3NO3/c21-20(22,23)17-5-1-15(2-6-17)16-3-7-18(8-4-16)27-13-14-9-11-24(12-10-14)19(25)26/h1-8,14H,9-13H2,(H,25,26). The first-order valence-electron chi connectivity index (χ1n) is 8.71. The maximum atomic E-state index is 12.6. The van der Waals surface area contributed by atoms with Gasteiger partial charge in [0.25, 0.3) is 0 Å². The van der Waals surface area contributed by atoms with Crippen molar-refractivity contribution in [2.24, 2.45) is 5.92 Å². The van der Waals surface area contributed by atoms with Crippen LogP contribution in [0.1, 0.15) is 18.4 Å². The topological polar surface area (TPSA) is 49.8 Å². The van der Waals surface area contributed by atoms with Gasteiger partial charge in [-0.2, -0.15) is 13.2 Å². The van der Waals surface area contributed by atoms with Gasteiger partial charge in [-0.1, -0.05) is 24.3 Å². The SMILES string of the molecule is O=C(O)N1CCC(COc2ccc(-c3ccc(C(F)(F)F)cc3)cc2)CC1. The monoisotopic (exact) mass is 379 g/mol. The molecule has 0 unspecified atom stereocenters. The second kappa shape index (κ2) is 7.90. The summed E-state index contributed by atoms with van der Waals surface area (Å²) in [5.74, 6) is 1.00. The van der Waals surface area contributed by atoms with Crippen LogP contribution in [0, 0.1) is 5.92 Å². The summed E-state index contributed by atoms with van der Waals surface area (Å²) in [6.07, 6.45) is -3.67. The summed E-state index contributed by atoms with van der Waals surface area (Å²) in [5, 5.41) is 8.95. The second-order valence-electron chi connectivity index (χ2n) is 6.62. The normalized spacial score (nSPS) is 15.6. The fourth-order valence-electron chi connectivity index (χ4n) is 3.10. The third kappa shape index (κ3) is 4.93. The Bertz CT molecular complexity index is 765. The van der Waals surface area contributed by atoms with Gasteiger partial charge in [-0.15, -0.1) is 0 Å². The van der Waals surface area contributed by atoms with Gasteiger partial charge in [-0.25, -0.2) is 4.79 Å². The molecule has 0 saturated carbocycles. The van der Waals surface area contributed by atoms with Gasteiger partial charge in [0.2, 0.25) is 0 Å². The van der Waals surface area contributed by atoms with Crippen LogP contribution in [0.15, 0.2) is 48.5 Å². The number of amides is 1. The van der Waals surface area contributed by atoms with Crippen molar-refractivity contribution in [2.45, 2.75) is 19.0 Å². The molecule has 1 aliphatic heterocycles. The molecule has 0 atom stereocenters. The Kier molecular flexibility index (Phi) is 5.58. The van der Waals surface area contributed by atoms with E-state index in [0.717, 1.165) is 30.5 Å². The lowest BCUT2D eigenvalue weighted by atomic mass is 9.98. The summed E-state index contributed by atoms with van der Waals surface area (Å²) >= 11 is 0. The Labute approximate surface area is 155 Å². The van der Waals surface area contributed by atoms with Crippen molar-refractivity contribution in [1.29, 1.82) is 0 Å². The van der Waals surface area contributed by atoms with Crippen LogP contribution in [0.25, 0.3) is 11.1 Å². The van der Waals surface area contributed by atoms with Crippen LogP contribution in [0.4, 0.5) is 18.0 Å². The molecule has 1 fully saturated rings. The van der Waals surface area contributed by atoms with Gasteiger partial charge in [-0.3, -0.25) is 0 Å². The third-order valence-corrected chi connectivity index (χ3v) is 4.77. The van der Waals surface area contributed by atoms with Crippen LogP contribution >= 0.6 is 0 Å². The molecule has 0 bridgehead atoms. The molecule has 7 heteroatoms. The Hall–Kier alpha value is -2.70. The molecule has 144 valence electrons.